The third-order valence-corrected chi connectivity index (χ3v) is 5.17. The van der Waals surface area contributed by atoms with Gasteiger partial charge in [-0.05, 0) is 41.8 Å². The van der Waals surface area contributed by atoms with E-state index >= 15 is 0 Å². The van der Waals surface area contributed by atoms with Gasteiger partial charge in [-0.2, -0.15) is 0 Å². The Balaban J connectivity index is 1.80. The largest absolute Gasteiger partial charge is 0.394 e. The average Bonchev–Trinajstić information content (AvgIpc) is 3.21. The third kappa shape index (κ3) is 4.55. The lowest BCUT2D eigenvalue weighted by atomic mass is 10.0. The second kappa shape index (κ2) is 9.38. The fraction of sp³-hybridized carbons (Fsp3) is 0.120. The van der Waals surface area contributed by atoms with Crippen LogP contribution in [0.25, 0.3) is 28.5 Å². The molecule has 3 N–H and O–H groups in total. The van der Waals surface area contributed by atoms with Gasteiger partial charge in [-0.25, -0.2) is 10.5 Å². The summed E-state index contributed by atoms with van der Waals surface area (Å²) >= 11 is 0. The van der Waals surface area contributed by atoms with Gasteiger partial charge in [0.15, 0.2) is 0 Å². The molecule has 31 heavy (non-hydrogen) atoms. The SMILES string of the molecule is O=C(/C=C/c1cccc(-c2nc3ccccc3n2C(CO)Cc2ccccc2)c1)NO. The number of carbonyl (C=O) groups excluding carboxylic acids is 1. The van der Waals surface area contributed by atoms with Gasteiger partial charge in [0, 0.05) is 11.6 Å². The van der Waals surface area contributed by atoms with E-state index in [2.05, 4.69) is 16.7 Å². The molecule has 3 aromatic carbocycles. The maximum Gasteiger partial charge on any atom is 0.267 e. The molecule has 0 saturated carbocycles. The second-order valence-electron chi connectivity index (χ2n) is 7.26. The number of rotatable bonds is 7. The van der Waals surface area contributed by atoms with Crippen molar-refractivity contribution in [2.24, 2.45) is 0 Å². The average molecular weight is 413 g/mol. The van der Waals surface area contributed by atoms with Crippen molar-refractivity contribution >= 4 is 23.0 Å². The van der Waals surface area contributed by atoms with Crippen LogP contribution in [0.1, 0.15) is 17.2 Å². The highest BCUT2D eigenvalue weighted by Gasteiger charge is 2.20. The molecule has 156 valence electrons. The third-order valence-electron chi connectivity index (χ3n) is 5.17. The maximum absolute atomic E-state index is 11.3. The molecule has 0 aliphatic heterocycles. The van der Waals surface area contributed by atoms with Gasteiger partial charge >= 0.3 is 0 Å². The van der Waals surface area contributed by atoms with Crippen LogP contribution >= 0.6 is 0 Å². The van der Waals surface area contributed by atoms with Gasteiger partial charge in [-0.3, -0.25) is 10.0 Å². The number of nitrogens with zero attached hydrogens (tertiary/aromatic N) is 2. The molecular formula is C25H23N3O3. The minimum Gasteiger partial charge on any atom is -0.394 e. The van der Waals surface area contributed by atoms with Crippen molar-refractivity contribution in [3.8, 4) is 11.4 Å². The van der Waals surface area contributed by atoms with Gasteiger partial charge in [0.05, 0.1) is 23.7 Å². The molecule has 0 radical (unpaired) electrons. The minimum absolute atomic E-state index is 0.0293. The van der Waals surface area contributed by atoms with E-state index in [4.69, 9.17) is 10.2 Å². The number of benzene rings is 3. The molecule has 1 amide bonds. The highest BCUT2D eigenvalue weighted by Crippen LogP contribution is 2.30. The molecule has 1 heterocycles. The number of aliphatic hydroxyl groups excluding tert-OH is 1. The normalized spacial score (nSPS) is 12.3. The number of hydrogen-bond acceptors (Lipinski definition) is 4. The number of carbonyl (C=O) groups is 1. The van der Waals surface area contributed by atoms with Crippen molar-refractivity contribution < 1.29 is 15.1 Å². The summed E-state index contributed by atoms with van der Waals surface area (Å²) < 4.78 is 2.09. The Kier molecular flexibility index (Phi) is 6.21. The molecule has 0 aliphatic rings. The molecule has 6 nitrogen and oxygen atoms in total. The predicted octanol–water partition coefficient (Wildman–Crippen LogP) is 4.00. The molecule has 6 heteroatoms. The molecule has 4 rings (SSSR count). The lowest BCUT2D eigenvalue weighted by Crippen LogP contribution is -2.17. The fourth-order valence-corrected chi connectivity index (χ4v) is 3.73. The lowest BCUT2D eigenvalue weighted by molar-refractivity contribution is -0.124. The van der Waals surface area contributed by atoms with Gasteiger partial charge in [-0.1, -0.05) is 60.7 Å². The van der Waals surface area contributed by atoms with E-state index in [0.29, 0.717) is 6.42 Å². The second-order valence-corrected chi connectivity index (χ2v) is 7.26. The van der Waals surface area contributed by atoms with E-state index in [1.54, 1.807) is 11.6 Å². The number of hydrogen-bond donors (Lipinski definition) is 3. The van der Waals surface area contributed by atoms with Gasteiger partial charge < -0.3 is 9.67 Å². The summed E-state index contributed by atoms with van der Waals surface area (Å²) in [5, 5.41) is 19.0. The van der Waals surface area contributed by atoms with Gasteiger partial charge in [0.1, 0.15) is 5.82 Å². The number of amides is 1. The Morgan fingerprint density at radius 3 is 2.58 bits per heavy atom. The van der Waals surface area contributed by atoms with Gasteiger partial charge in [0.2, 0.25) is 0 Å². The molecule has 0 aliphatic carbocycles. The summed E-state index contributed by atoms with van der Waals surface area (Å²) in [6.45, 7) is -0.0293. The standard InChI is InChI=1S/C25H23N3O3/c29-17-21(16-18-7-2-1-3-8-18)28-23-12-5-4-11-22(23)26-25(28)20-10-6-9-19(15-20)13-14-24(30)27-31/h1-15,21,29,31H,16-17H2,(H,27,30)/b14-13+. The first kappa shape index (κ1) is 20.5. The van der Waals surface area contributed by atoms with Crippen molar-refractivity contribution in [3.05, 3.63) is 96.1 Å². The fourth-order valence-electron chi connectivity index (χ4n) is 3.73. The monoisotopic (exact) mass is 413 g/mol. The van der Waals surface area contributed by atoms with Crippen LogP contribution in [0, 0.1) is 0 Å². The molecular weight excluding hydrogens is 390 g/mol. The molecule has 0 saturated heterocycles. The number of nitrogens with one attached hydrogen (secondary N) is 1. The van der Waals surface area contributed by atoms with Crippen LogP contribution in [0.4, 0.5) is 0 Å². The lowest BCUT2D eigenvalue weighted by Gasteiger charge is -2.20. The molecule has 1 atom stereocenters. The first-order valence-electron chi connectivity index (χ1n) is 10.0. The number of aromatic nitrogens is 2. The molecule has 0 bridgehead atoms. The molecule has 4 aromatic rings. The van der Waals surface area contributed by atoms with Gasteiger partial charge in [-0.15, -0.1) is 0 Å². The summed E-state index contributed by atoms with van der Waals surface area (Å²) in [6.07, 6.45) is 3.55. The zero-order chi connectivity index (χ0) is 21.6. The predicted molar refractivity (Wildman–Crippen MR) is 120 cm³/mol. The Bertz CT molecular complexity index is 1220. The molecule has 0 fully saturated rings. The molecule has 0 spiro atoms. The summed E-state index contributed by atoms with van der Waals surface area (Å²) in [4.78, 5) is 16.2. The zero-order valence-corrected chi connectivity index (χ0v) is 16.8. The highest BCUT2D eigenvalue weighted by atomic mass is 16.5. The Morgan fingerprint density at radius 1 is 1.03 bits per heavy atom. The summed E-state index contributed by atoms with van der Waals surface area (Å²) in [7, 11) is 0. The maximum atomic E-state index is 11.3. The van der Waals surface area contributed by atoms with E-state index in [9.17, 15) is 9.90 Å². The summed E-state index contributed by atoms with van der Waals surface area (Å²) in [6, 6.07) is 25.4. The Morgan fingerprint density at radius 2 is 1.81 bits per heavy atom. The van der Waals surface area contributed by atoms with Crippen molar-refractivity contribution in [1.29, 1.82) is 0 Å². The van der Waals surface area contributed by atoms with Crippen molar-refractivity contribution in [3.63, 3.8) is 0 Å². The van der Waals surface area contributed by atoms with Crippen molar-refractivity contribution in [1.82, 2.24) is 15.0 Å². The van der Waals surface area contributed by atoms with Crippen LogP contribution in [0.3, 0.4) is 0 Å². The van der Waals surface area contributed by atoms with E-state index < -0.39 is 5.91 Å². The first-order valence-corrected chi connectivity index (χ1v) is 10.0. The number of imidazole rings is 1. The van der Waals surface area contributed by atoms with Crippen LogP contribution in [-0.4, -0.2) is 32.4 Å². The van der Waals surface area contributed by atoms with E-state index in [0.717, 1.165) is 33.5 Å². The Labute approximate surface area is 180 Å². The smallest absolute Gasteiger partial charge is 0.267 e. The van der Waals surface area contributed by atoms with Crippen LogP contribution in [0.5, 0.6) is 0 Å². The summed E-state index contributed by atoms with van der Waals surface area (Å²) in [5.41, 5.74) is 6.19. The van der Waals surface area contributed by atoms with E-state index in [-0.39, 0.29) is 12.6 Å². The summed E-state index contributed by atoms with van der Waals surface area (Å²) in [5.74, 6) is 0.152. The number of aliphatic hydroxyl groups is 1. The first-order chi connectivity index (χ1) is 15.2. The van der Waals surface area contributed by atoms with Crippen LogP contribution in [-0.2, 0) is 11.2 Å². The van der Waals surface area contributed by atoms with Gasteiger partial charge in [0.25, 0.3) is 5.91 Å². The van der Waals surface area contributed by atoms with Crippen LogP contribution in [0.2, 0.25) is 0 Å². The number of hydroxylamine groups is 1. The topological polar surface area (TPSA) is 87.4 Å². The quantitative estimate of drug-likeness (QED) is 0.243. The number of para-hydroxylation sites is 2. The van der Waals surface area contributed by atoms with Crippen LogP contribution < -0.4 is 5.48 Å². The van der Waals surface area contributed by atoms with Crippen molar-refractivity contribution in [2.75, 3.05) is 6.61 Å². The minimum atomic E-state index is -0.596. The van der Waals surface area contributed by atoms with E-state index in [1.165, 1.54) is 6.08 Å². The zero-order valence-electron chi connectivity index (χ0n) is 16.8. The molecule has 1 aromatic heterocycles. The van der Waals surface area contributed by atoms with E-state index in [1.807, 2.05) is 66.7 Å². The number of fused-ring (bicyclic) bond motifs is 1. The van der Waals surface area contributed by atoms with Crippen molar-refractivity contribution in [2.45, 2.75) is 12.5 Å². The Hall–Kier alpha value is -3.74. The highest BCUT2D eigenvalue weighted by molar-refractivity contribution is 5.91. The van der Waals surface area contributed by atoms with Crippen LogP contribution in [0.15, 0.2) is 84.9 Å². The molecule has 1 unspecified atom stereocenters.